The number of aromatic nitrogens is 1. The zero-order chi connectivity index (χ0) is 21.2. The maximum Gasteiger partial charge on any atom is 0.310 e. The highest BCUT2D eigenvalue weighted by molar-refractivity contribution is 7.86. The maximum atomic E-state index is 11.5. The molecule has 0 aliphatic rings. The first-order valence-corrected chi connectivity index (χ1v) is 11.3. The summed E-state index contributed by atoms with van der Waals surface area (Å²) < 4.78 is 35.1. The van der Waals surface area contributed by atoms with Gasteiger partial charge < -0.3 is 13.5 Å². The number of esters is 1. The van der Waals surface area contributed by atoms with Crippen LogP contribution in [-0.4, -0.2) is 25.2 Å². The summed E-state index contributed by atoms with van der Waals surface area (Å²) in [7, 11) is -3.55. The summed E-state index contributed by atoms with van der Waals surface area (Å²) in [5.74, 6) is 0.885. The van der Waals surface area contributed by atoms with E-state index in [1.807, 2.05) is 43.5 Å². The van der Waals surface area contributed by atoms with Gasteiger partial charge in [0.15, 0.2) is 0 Å². The van der Waals surface area contributed by atoms with E-state index in [0.29, 0.717) is 17.9 Å². The standard InChI is InChI=1S/C22H25NO5S/c1-5-22(24)27-21-9-6-17(12-15(21)2)16(3)14-23-11-10-18-13-19(7-8-20(18)23)28-29(4,25)26/h6-13,16H,5,14H2,1-4H3. The Hall–Kier alpha value is -2.80. The van der Waals surface area contributed by atoms with E-state index in [0.717, 1.165) is 34.8 Å². The molecular formula is C22H25NO5S. The molecule has 0 bridgehead atoms. The molecule has 0 aliphatic heterocycles. The van der Waals surface area contributed by atoms with Crippen LogP contribution < -0.4 is 8.92 Å². The SMILES string of the molecule is CCC(=O)Oc1ccc(C(C)Cn2ccc3cc(OS(C)(=O)=O)ccc32)cc1C. The van der Waals surface area contributed by atoms with Crippen LogP contribution in [0.3, 0.4) is 0 Å². The minimum absolute atomic E-state index is 0.229. The number of hydrogen-bond donors (Lipinski definition) is 0. The van der Waals surface area contributed by atoms with Crippen molar-refractivity contribution in [2.45, 2.75) is 39.7 Å². The second-order valence-corrected chi connectivity index (χ2v) is 8.80. The molecule has 3 aromatic rings. The van der Waals surface area contributed by atoms with Crippen molar-refractivity contribution in [3.05, 3.63) is 59.8 Å². The van der Waals surface area contributed by atoms with Crippen LogP contribution in [-0.2, 0) is 21.5 Å². The molecule has 0 spiro atoms. The number of nitrogens with zero attached hydrogens (tertiary/aromatic N) is 1. The normalized spacial score (nSPS) is 12.7. The van der Waals surface area contributed by atoms with Gasteiger partial charge in [0.2, 0.25) is 0 Å². The largest absolute Gasteiger partial charge is 0.426 e. The number of ether oxygens (including phenoxy) is 1. The van der Waals surface area contributed by atoms with Crippen LogP contribution in [0.5, 0.6) is 11.5 Å². The van der Waals surface area contributed by atoms with Crippen molar-refractivity contribution >= 4 is 27.0 Å². The monoisotopic (exact) mass is 415 g/mol. The number of carbonyl (C=O) groups is 1. The predicted molar refractivity (Wildman–Crippen MR) is 113 cm³/mol. The molecule has 0 N–H and O–H groups in total. The van der Waals surface area contributed by atoms with Gasteiger partial charge in [-0.1, -0.05) is 26.0 Å². The third-order valence-corrected chi connectivity index (χ3v) is 5.24. The third kappa shape index (κ3) is 5.17. The van der Waals surface area contributed by atoms with Crippen molar-refractivity contribution in [2.24, 2.45) is 0 Å². The first kappa shape index (κ1) is 20.9. The van der Waals surface area contributed by atoms with Gasteiger partial charge in [0, 0.05) is 30.1 Å². The smallest absolute Gasteiger partial charge is 0.310 e. The maximum absolute atomic E-state index is 11.5. The van der Waals surface area contributed by atoms with Gasteiger partial charge in [-0.05, 0) is 54.3 Å². The molecule has 0 aliphatic carbocycles. The molecule has 0 saturated heterocycles. The van der Waals surface area contributed by atoms with Crippen LogP contribution in [0.2, 0.25) is 0 Å². The molecule has 3 rings (SSSR count). The van der Waals surface area contributed by atoms with E-state index in [9.17, 15) is 13.2 Å². The van der Waals surface area contributed by atoms with Crippen LogP contribution in [0.15, 0.2) is 48.7 Å². The molecule has 0 amide bonds. The topological polar surface area (TPSA) is 74.6 Å². The van der Waals surface area contributed by atoms with Gasteiger partial charge >= 0.3 is 16.1 Å². The Kier molecular flexibility index (Phi) is 5.98. The first-order chi connectivity index (χ1) is 13.7. The number of fused-ring (bicyclic) bond motifs is 1. The number of aryl methyl sites for hydroxylation is 1. The fourth-order valence-electron chi connectivity index (χ4n) is 3.25. The fraction of sp³-hybridized carbons (Fsp3) is 0.318. The van der Waals surface area contributed by atoms with E-state index < -0.39 is 10.1 Å². The van der Waals surface area contributed by atoms with Gasteiger partial charge in [0.25, 0.3) is 0 Å². The minimum atomic E-state index is -3.55. The lowest BCUT2D eigenvalue weighted by molar-refractivity contribution is -0.134. The summed E-state index contributed by atoms with van der Waals surface area (Å²) >= 11 is 0. The molecule has 1 heterocycles. The highest BCUT2D eigenvalue weighted by atomic mass is 32.2. The summed E-state index contributed by atoms with van der Waals surface area (Å²) in [6.45, 7) is 6.59. The molecule has 6 nitrogen and oxygen atoms in total. The van der Waals surface area contributed by atoms with Gasteiger partial charge in [-0.15, -0.1) is 0 Å². The van der Waals surface area contributed by atoms with Gasteiger partial charge in [0.1, 0.15) is 11.5 Å². The van der Waals surface area contributed by atoms with E-state index in [2.05, 4.69) is 11.5 Å². The van der Waals surface area contributed by atoms with Gasteiger partial charge in [0.05, 0.1) is 6.26 Å². The first-order valence-electron chi connectivity index (χ1n) is 9.46. The quantitative estimate of drug-likeness (QED) is 0.325. The fourth-order valence-corrected chi connectivity index (χ4v) is 3.71. The average Bonchev–Trinajstić information content (AvgIpc) is 3.03. The van der Waals surface area contributed by atoms with E-state index >= 15 is 0 Å². The van der Waals surface area contributed by atoms with Crippen molar-refractivity contribution < 1.29 is 22.1 Å². The Morgan fingerprint density at radius 1 is 1.14 bits per heavy atom. The highest BCUT2D eigenvalue weighted by Crippen LogP contribution is 2.28. The van der Waals surface area contributed by atoms with Gasteiger partial charge in [-0.3, -0.25) is 4.79 Å². The van der Waals surface area contributed by atoms with E-state index in [1.165, 1.54) is 0 Å². The van der Waals surface area contributed by atoms with E-state index in [4.69, 9.17) is 8.92 Å². The number of carbonyl (C=O) groups excluding carboxylic acids is 1. The molecule has 2 aromatic carbocycles. The van der Waals surface area contributed by atoms with Gasteiger partial charge in [-0.25, -0.2) is 0 Å². The Balaban J connectivity index is 1.78. The highest BCUT2D eigenvalue weighted by Gasteiger charge is 2.13. The van der Waals surface area contributed by atoms with Crippen molar-refractivity contribution in [3.63, 3.8) is 0 Å². The summed E-state index contributed by atoms with van der Waals surface area (Å²) in [4.78, 5) is 11.5. The van der Waals surface area contributed by atoms with Crippen molar-refractivity contribution in [2.75, 3.05) is 6.26 Å². The Morgan fingerprint density at radius 3 is 2.55 bits per heavy atom. The Bertz CT molecular complexity index is 1150. The lowest BCUT2D eigenvalue weighted by atomic mass is 9.98. The average molecular weight is 416 g/mol. The summed E-state index contributed by atoms with van der Waals surface area (Å²) in [5.41, 5.74) is 3.08. The molecule has 29 heavy (non-hydrogen) atoms. The molecule has 154 valence electrons. The Labute approximate surface area is 171 Å². The van der Waals surface area contributed by atoms with Crippen molar-refractivity contribution in [3.8, 4) is 11.5 Å². The minimum Gasteiger partial charge on any atom is -0.426 e. The lowest BCUT2D eigenvalue weighted by Gasteiger charge is -2.16. The van der Waals surface area contributed by atoms with Crippen molar-refractivity contribution in [1.82, 2.24) is 4.57 Å². The molecular weight excluding hydrogens is 390 g/mol. The molecule has 0 radical (unpaired) electrons. The summed E-state index contributed by atoms with van der Waals surface area (Å²) in [5, 5.41) is 0.913. The van der Waals surface area contributed by atoms with E-state index in [-0.39, 0.29) is 11.9 Å². The Morgan fingerprint density at radius 2 is 1.90 bits per heavy atom. The number of rotatable bonds is 7. The molecule has 1 atom stereocenters. The van der Waals surface area contributed by atoms with Crippen molar-refractivity contribution in [1.29, 1.82) is 0 Å². The van der Waals surface area contributed by atoms with Crippen LogP contribution in [0.25, 0.3) is 10.9 Å². The van der Waals surface area contributed by atoms with Crippen LogP contribution in [0.1, 0.15) is 37.3 Å². The summed E-state index contributed by atoms with van der Waals surface area (Å²) in [6, 6.07) is 13.1. The molecule has 0 saturated carbocycles. The third-order valence-electron chi connectivity index (χ3n) is 4.74. The van der Waals surface area contributed by atoms with E-state index in [1.54, 1.807) is 19.1 Å². The van der Waals surface area contributed by atoms with Crippen LogP contribution >= 0.6 is 0 Å². The molecule has 0 fully saturated rings. The molecule has 1 aromatic heterocycles. The van der Waals surface area contributed by atoms with Gasteiger partial charge in [-0.2, -0.15) is 8.42 Å². The summed E-state index contributed by atoms with van der Waals surface area (Å²) in [6.07, 6.45) is 3.35. The van der Waals surface area contributed by atoms with Crippen LogP contribution in [0.4, 0.5) is 0 Å². The zero-order valence-electron chi connectivity index (χ0n) is 17.0. The second kappa shape index (κ2) is 8.29. The zero-order valence-corrected chi connectivity index (χ0v) is 17.8. The van der Waals surface area contributed by atoms with Crippen LogP contribution in [0, 0.1) is 6.92 Å². The number of benzene rings is 2. The number of hydrogen-bond acceptors (Lipinski definition) is 5. The predicted octanol–water partition coefficient (Wildman–Crippen LogP) is 4.41. The molecule has 1 unspecified atom stereocenters. The second-order valence-electron chi connectivity index (χ2n) is 7.23. The lowest BCUT2D eigenvalue weighted by Crippen LogP contribution is -2.08. The molecule has 7 heteroatoms.